The molecule has 144 valence electrons. The second-order valence-electron chi connectivity index (χ2n) is 6.25. The van der Waals surface area contributed by atoms with Crippen molar-refractivity contribution in [3.05, 3.63) is 35.0 Å². The number of carbonyl (C=O) groups is 1. The number of aliphatic hydroxyl groups is 4. The Bertz CT molecular complexity index is 628. The van der Waals surface area contributed by atoms with Crippen LogP contribution in [0.3, 0.4) is 0 Å². The molecule has 0 unspecified atom stereocenters. The van der Waals surface area contributed by atoms with E-state index >= 15 is 0 Å². The van der Waals surface area contributed by atoms with Crippen LogP contribution in [0.2, 0.25) is 0 Å². The number of aliphatic hydroxyl groups excluding tert-OH is 4. The fraction of sp³-hybridized carbons (Fsp3) is 0.625. The minimum Gasteiger partial charge on any atom is -0.394 e. The van der Waals surface area contributed by atoms with Gasteiger partial charge in [0.1, 0.15) is 18.3 Å². The molecule has 1 aromatic rings. The summed E-state index contributed by atoms with van der Waals surface area (Å²) in [5, 5.41) is 43.1. The molecule has 1 fully saturated rings. The number of ketones is 1. The van der Waals surface area contributed by atoms with Crippen molar-refractivity contribution in [2.45, 2.75) is 43.5 Å². The van der Waals surface area contributed by atoms with Gasteiger partial charge in [0, 0.05) is 26.1 Å². The van der Waals surface area contributed by atoms with Crippen LogP contribution < -0.4 is 4.57 Å². The summed E-state index contributed by atoms with van der Waals surface area (Å²) in [5.41, 5.74) is 0.367. The average Bonchev–Trinajstić information content (AvgIpc) is 2.66. The van der Waals surface area contributed by atoms with Gasteiger partial charge in [0.05, 0.1) is 17.5 Å². The lowest BCUT2D eigenvalue weighted by Gasteiger charge is -2.36. The summed E-state index contributed by atoms with van der Waals surface area (Å²) < 4.78 is 6.88. The van der Waals surface area contributed by atoms with Crippen LogP contribution in [0.15, 0.2) is 29.8 Å². The number of aromatic nitrogens is 1. The van der Waals surface area contributed by atoms with E-state index < -0.39 is 37.3 Å². The zero-order valence-corrected chi connectivity index (χ0v) is 14.4. The Morgan fingerprint density at radius 1 is 1.31 bits per heavy atom. The molecule has 1 aliphatic heterocycles. The third kappa shape index (κ3) is 4.59. The SMILES string of the molecule is CN(CCCC(=O)c1ccc[n+]([C@@H]2O[C@H](CO)[C@@H](O)[C@H](O)[C@H]2O)c1)N=O. The van der Waals surface area contributed by atoms with Crippen LogP contribution in [0.1, 0.15) is 29.4 Å². The summed E-state index contributed by atoms with van der Waals surface area (Å²) in [7, 11) is 1.52. The second kappa shape index (κ2) is 9.10. The molecule has 4 N–H and O–H groups in total. The Hall–Kier alpha value is -1.98. The van der Waals surface area contributed by atoms with Gasteiger partial charge in [-0.15, -0.1) is 4.91 Å². The maximum absolute atomic E-state index is 12.3. The van der Waals surface area contributed by atoms with E-state index in [1.165, 1.54) is 22.8 Å². The first kappa shape index (κ1) is 20.3. The van der Waals surface area contributed by atoms with E-state index in [1.54, 1.807) is 18.3 Å². The van der Waals surface area contributed by atoms with Gasteiger partial charge in [0.25, 0.3) is 6.23 Å². The van der Waals surface area contributed by atoms with Gasteiger partial charge in [0.2, 0.25) is 0 Å². The number of rotatable bonds is 8. The Morgan fingerprint density at radius 2 is 2.04 bits per heavy atom. The van der Waals surface area contributed by atoms with Gasteiger partial charge >= 0.3 is 0 Å². The monoisotopic (exact) mass is 370 g/mol. The lowest BCUT2D eigenvalue weighted by Crippen LogP contribution is -2.62. The van der Waals surface area contributed by atoms with Crippen molar-refractivity contribution in [3.8, 4) is 0 Å². The number of hydrogen-bond donors (Lipinski definition) is 4. The van der Waals surface area contributed by atoms with Crippen LogP contribution in [0.4, 0.5) is 0 Å². The summed E-state index contributed by atoms with van der Waals surface area (Å²) in [6.45, 7) is -0.173. The lowest BCUT2D eigenvalue weighted by atomic mass is 9.98. The largest absolute Gasteiger partial charge is 0.394 e. The molecule has 1 saturated heterocycles. The van der Waals surface area contributed by atoms with Gasteiger partial charge in [-0.3, -0.25) is 9.80 Å². The molecule has 10 nitrogen and oxygen atoms in total. The molecule has 2 heterocycles. The van der Waals surface area contributed by atoms with Crippen molar-refractivity contribution in [1.82, 2.24) is 5.01 Å². The van der Waals surface area contributed by atoms with Crippen LogP contribution >= 0.6 is 0 Å². The molecule has 1 aliphatic rings. The number of hydrogen-bond acceptors (Lipinski definition) is 8. The van der Waals surface area contributed by atoms with Gasteiger partial charge in [-0.05, 0) is 12.5 Å². The van der Waals surface area contributed by atoms with Gasteiger partial charge in [-0.25, -0.2) is 0 Å². The molecular weight excluding hydrogens is 346 g/mol. The van der Waals surface area contributed by atoms with E-state index in [-0.39, 0.29) is 12.2 Å². The molecule has 0 spiro atoms. The van der Waals surface area contributed by atoms with E-state index in [0.29, 0.717) is 18.5 Å². The molecule has 0 aliphatic carbocycles. The normalized spacial score (nSPS) is 28.6. The van der Waals surface area contributed by atoms with Crippen LogP contribution in [0.5, 0.6) is 0 Å². The number of nitrogens with zero attached hydrogens (tertiary/aromatic N) is 3. The van der Waals surface area contributed by atoms with Crippen molar-refractivity contribution in [2.75, 3.05) is 20.2 Å². The Balaban J connectivity index is 2.10. The average molecular weight is 370 g/mol. The number of Topliss-reactive ketones (excluding diaryl/α,β-unsaturated/α-hetero) is 1. The summed E-state index contributed by atoms with van der Waals surface area (Å²) >= 11 is 0. The van der Waals surface area contributed by atoms with E-state index in [2.05, 4.69) is 5.29 Å². The van der Waals surface area contributed by atoms with Crippen molar-refractivity contribution in [1.29, 1.82) is 0 Å². The zero-order valence-electron chi connectivity index (χ0n) is 14.4. The lowest BCUT2D eigenvalue weighted by molar-refractivity contribution is -0.778. The molecular formula is C16H24N3O7+. The highest BCUT2D eigenvalue weighted by molar-refractivity contribution is 5.95. The summed E-state index contributed by atoms with van der Waals surface area (Å²) in [6, 6.07) is 3.19. The topological polar surface area (TPSA) is 144 Å². The summed E-state index contributed by atoms with van der Waals surface area (Å²) in [5.74, 6) is -0.164. The molecule has 0 amide bonds. The predicted molar refractivity (Wildman–Crippen MR) is 87.6 cm³/mol. The molecule has 10 heteroatoms. The van der Waals surface area contributed by atoms with Gasteiger partial charge in [-0.2, -0.15) is 4.57 Å². The number of nitroso groups, excluding NO2 is 1. The Labute approximate surface area is 150 Å². The zero-order chi connectivity index (χ0) is 19.3. The first-order valence-electron chi connectivity index (χ1n) is 8.28. The molecule has 0 saturated carbocycles. The first-order valence-corrected chi connectivity index (χ1v) is 8.28. The van der Waals surface area contributed by atoms with Crippen LogP contribution in [0, 0.1) is 4.91 Å². The van der Waals surface area contributed by atoms with E-state index in [4.69, 9.17) is 4.74 Å². The highest BCUT2D eigenvalue weighted by atomic mass is 16.6. The van der Waals surface area contributed by atoms with Crippen LogP contribution in [0.25, 0.3) is 0 Å². The summed E-state index contributed by atoms with van der Waals surface area (Å²) in [4.78, 5) is 22.6. The first-order chi connectivity index (χ1) is 12.4. The van der Waals surface area contributed by atoms with Crippen LogP contribution in [-0.2, 0) is 4.74 Å². The molecule has 26 heavy (non-hydrogen) atoms. The number of ether oxygens (including phenoxy) is 1. The smallest absolute Gasteiger partial charge is 0.292 e. The standard InChI is InChI=1S/C16H24N3O7/c1-18(17-25)6-3-5-11(21)10-4-2-7-19(8-10)16-15(24)14(23)13(22)12(9-20)26-16/h2,4,7-8,12-16,20,22-24H,3,5-6,9H2,1H3/q+1/t12-,13-,14+,15-,16-/m1/s1. The third-order valence-electron chi connectivity index (χ3n) is 4.33. The molecule has 5 atom stereocenters. The molecule has 2 rings (SSSR count). The fourth-order valence-corrected chi connectivity index (χ4v) is 2.80. The number of pyridine rings is 1. The van der Waals surface area contributed by atoms with Crippen molar-refractivity contribution < 1.29 is 34.5 Å². The third-order valence-corrected chi connectivity index (χ3v) is 4.33. The minimum atomic E-state index is -1.50. The highest BCUT2D eigenvalue weighted by Crippen LogP contribution is 2.24. The Morgan fingerprint density at radius 3 is 2.69 bits per heavy atom. The van der Waals surface area contributed by atoms with Crippen LogP contribution in [-0.4, -0.2) is 75.8 Å². The predicted octanol–water partition coefficient (Wildman–Crippen LogP) is -1.48. The van der Waals surface area contributed by atoms with Gasteiger partial charge in [0.15, 0.2) is 24.3 Å². The molecule has 0 bridgehead atoms. The second-order valence-corrected chi connectivity index (χ2v) is 6.25. The molecule has 0 radical (unpaired) electrons. The maximum Gasteiger partial charge on any atom is 0.292 e. The molecule has 1 aromatic heterocycles. The van der Waals surface area contributed by atoms with Crippen molar-refractivity contribution in [2.24, 2.45) is 5.29 Å². The van der Waals surface area contributed by atoms with Crippen molar-refractivity contribution >= 4 is 5.78 Å². The van der Waals surface area contributed by atoms with E-state index in [1.807, 2.05) is 0 Å². The van der Waals surface area contributed by atoms with Gasteiger partial charge < -0.3 is 25.2 Å². The highest BCUT2D eigenvalue weighted by Gasteiger charge is 2.48. The summed E-state index contributed by atoms with van der Waals surface area (Å²) in [6.07, 6.45) is -2.79. The quantitative estimate of drug-likeness (QED) is 0.188. The van der Waals surface area contributed by atoms with E-state index in [0.717, 1.165) is 0 Å². The van der Waals surface area contributed by atoms with Crippen molar-refractivity contribution in [3.63, 3.8) is 0 Å². The Kier molecular flexibility index (Phi) is 7.12. The minimum absolute atomic E-state index is 0.164. The van der Waals surface area contributed by atoms with Gasteiger partial charge in [-0.1, -0.05) is 0 Å². The molecule has 0 aromatic carbocycles. The maximum atomic E-state index is 12.3. The fourth-order valence-electron chi connectivity index (χ4n) is 2.80. The van der Waals surface area contributed by atoms with E-state index in [9.17, 15) is 30.1 Å². The number of carbonyl (C=O) groups excluding carboxylic acids is 1.